The fourth-order valence-electron chi connectivity index (χ4n) is 5.73. The molecule has 5 rings (SSSR count). The van der Waals surface area contributed by atoms with Crippen molar-refractivity contribution in [3.63, 3.8) is 0 Å². The second-order valence-corrected chi connectivity index (χ2v) is 9.62. The molecule has 0 bridgehead atoms. The molecule has 2 aromatic rings. The molecule has 35 heavy (non-hydrogen) atoms. The maximum atomic E-state index is 12.9. The Kier molecular flexibility index (Phi) is 6.72. The molecule has 2 amide bonds. The number of hydrogen-bond donors (Lipinski definition) is 3. The molecule has 1 saturated carbocycles. The van der Waals surface area contributed by atoms with Gasteiger partial charge in [-0.15, -0.1) is 0 Å². The number of benzene rings is 2. The van der Waals surface area contributed by atoms with E-state index in [1.165, 1.54) is 0 Å². The first-order chi connectivity index (χ1) is 17.0. The van der Waals surface area contributed by atoms with E-state index in [1.807, 2.05) is 24.3 Å². The van der Waals surface area contributed by atoms with Crippen molar-refractivity contribution >= 4 is 18.0 Å². The molecule has 1 aliphatic heterocycles. The van der Waals surface area contributed by atoms with Gasteiger partial charge in [0.15, 0.2) is 0 Å². The second-order valence-electron chi connectivity index (χ2n) is 9.62. The Balaban J connectivity index is 1.17. The predicted octanol–water partition coefficient (Wildman–Crippen LogP) is 3.30. The van der Waals surface area contributed by atoms with E-state index in [0.717, 1.165) is 41.5 Å². The van der Waals surface area contributed by atoms with Gasteiger partial charge in [0, 0.05) is 12.0 Å². The first-order valence-corrected chi connectivity index (χ1v) is 12.2. The summed E-state index contributed by atoms with van der Waals surface area (Å²) < 4.78 is 11.1. The molecule has 1 heterocycles. The van der Waals surface area contributed by atoms with Gasteiger partial charge in [-0.3, -0.25) is 9.59 Å². The van der Waals surface area contributed by atoms with Crippen LogP contribution in [0, 0.1) is 11.8 Å². The van der Waals surface area contributed by atoms with Crippen LogP contribution in [-0.4, -0.2) is 55.0 Å². The summed E-state index contributed by atoms with van der Waals surface area (Å²) in [7, 11) is 0. The van der Waals surface area contributed by atoms with Crippen LogP contribution in [0.2, 0.25) is 0 Å². The number of carboxylic acids is 1. The first-order valence-electron chi connectivity index (χ1n) is 12.2. The number of amides is 2. The van der Waals surface area contributed by atoms with Gasteiger partial charge >= 0.3 is 12.1 Å². The number of carbonyl (C=O) groups excluding carboxylic acids is 2. The molecular formula is C27H30N2O6. The molecule has 184 valence electrons. The largest absolute Gasteiger partial charge is 0.481 e. The summed E-state index contributed by atoms with van der Waals surface area (Å²) >= 11 is 0. The Bertz CT molecular complexity index is 1070. The molecule has 2 fully saturated rings. The van der Waals surface area contributed by atoms with Crippen molar-refractivity contribution in [1.29, 1.82) is 0 Å². The van der Waals surface area contributed by atoms with E-state index in [-0.39, 0.29) is 50.0 Å². The summed E-state index contributed by atoms with van der Waals surface area (Å²) in [5.41, 5.74) is 4.59. The van der Waals surface area contributed by atoms with E-state index in [0.29, 0.717) is 0 Å². The highest BCUT2D eigenvalue weighted by molar-refractivity contribution is 5.82. The average molecular weight is 479 g/mol. The summed E-state index contributed by atoms with van der Waals surface area (Å²) in [6.45, 7) is 0.630. The number of hydrogen-bond acceptors (Lipinski definition) is 5. The zero-order valence-corrected chi connectivity index (χ0v) is 19.4. The Labute approximate surface area is 204 Å². The van der Waals surface area contributed by atoms with Gasteiger partial charge in [-0.05, 0) is 41.0 Å². The molecule has 1 saturated heterocycles. The lowest BCUT2D eigenvalue weighted by molar-refractivity contribution is -0.138. The van der Waals surface area contributed by atoms with Crippen LogP contribution in [0.3, 0.4) is 0 Å². The van der Waals surface area contributed by atoms with Crippen LogP contribution in [0.25, 0.3) is 11.1 Å². The normalized spacial score (nSPS) is 25.0. The van der Waals surface area contributed by atoms with Crippen molar-refractivity contribution in [3.05, 3.63) is 59.7 Å². The van der Waals surface area contributed by atoms with Crippen molar-refractivity contribution in [1.82, 2.24) is 10.6 Å². The summed E-state index contributed by atoms with van der Waals surface area (Å²) in [4.78, 5) is 36.7. The number of nitrogens with one attached hydrogen (secondary N) is 2. The zero-order chi connectivity index (χ0) is 24.4. The maximum absolute atomic E-state index is 12.9. The van der Waals surface area contributed by atoms with Crippen molar-refractivity contribution in [3.8, 4) is 11.1 Å². The van der Waals surface area contributed by atoms with E-state index in [2.05, 4.69) is 34.9 Å². The first kappa shape index (κ1) is 23.4. The van der Waals surface area contributed by atoms with Gasteiger partial charge in [0.05, 0.1) is 31.6 Å². The third-order valence-electron chi connectivity index (χ3n) is 7.49. The number of ether oxygens (including phenoxy) is 2. The lowest BCUT2D eigenvalue weighted by atomic mass is 9.97. The summed E-state index contributed by atoms with van der Waals surface area (Å²) in [6.07, 6.45) is 1.92. The zero-order valence-electron chi connectivity index (χ0n) is 19.4. The molecule has 3 aliphatic rings. The van der Waals surface area contributed by atoms with Crippen LogP contribution in [0.1, 0.15) is 42.7 Å². The predicted molar refractivity (Wildman–Crippen MR) is 128 cm³/mol. The molecule has 8 nitrogen and oxygen atoms in total. The van der Waals surface area contributed by atoms with Gasteiger partial charge in [0.2, 0.25) is 5.91 Å². The Morgan fingerprint density at radius 3 is 2.29 bits per heavy atom. The smallest absolute Gasteiger partial charge is 0.407 e. The highest BCUT2D eigenvalue weighted by Gasteiger charge is 2.39. The second kappa shape index (κ2) is 10.1. The van der Waals surface area contributed by atoms with Crippen LogP contribution < -0.4 is 10.6 Å². The third-order valence-corrected chi connectivity index (χ3v) is 7.49. The lowest BCUT2D eigenvalue weighted by Crippen LogP contribution is -2.49. The van der Waals surface area contributed by atoms with Gasteiger partial charge in [-0.25, -0.2) is 4.79 Å². The molecular weight excluding hydrogens is 448 g/mol. The topological polar surface area (TPSA) is 114 Å². The van der Waals surface area contributed by atoms with E-state index in [1.54, 1.807) is 0 Å². The average Bonchev–Trinajstić information content (AvgIpc) is 3.56. The molecule has 0 spiro atoms. The quantitative estimate of drug-likeness (QED) is 0.563. The summed E-state index contributed by atoms with van der Waals surface area (Å²) in [5, 5.41) is 14.9. The molecule has 2 unspecified atom stereocenters. The number of rotatable bonds is 7. The third kappa shape index (κ3) is 4.89. The molecule has 4 atom stereocenters. The number of carboxylic acid groups (broad SMARTS) is 1. The van der Waals surface area contributed by atoms with Gasteiger partial charge < -0.3 is 25.2 Å². The highest BCUT2D eigenvalue weighted by atomic mass is 16.5. The van der Waals surface area contributed by atoms with E-state index < -0.39 is 24.0 Å². The minimum Gasteiger partial charge on any atom is -0.481 e. The molecule has 3 N–H and O–H groups in total. The maximum Gasteiger partial charge on any atom is 0.407 e. The molecule has 2 aliphatic carbocycles. The van der Waals surface area contributed by atoms with E-state index in [9.17, 15) is 14.4 Å². The van der Waals surface area contributed by atoms with Gasteiger partial charge in [-0.2, -0.15) is 0 Å². The van der Waals surface area contributed by atoms with Crippen LogP contribution in [0.15, 0.2) is 48.5 Å². The van der Waals surface area contributed by atoms with Gasteiger partial charge in [0.25, 0.3) is 0 Å². The molecule has 0 aromatic heterocycles. The van der Waals surface area contributed by atoms with Gasteiger partial charge in [0.1, 0.15) is 6.61 Å². The summed E-state index contributed by atoms with van der Waals surface area (Å²) in [5.74, 6) is -1.71. The Morgan fingerprint density at radius 1 is 0.914 bits per heavy atom. The van der Waals surface area contributed by atoms with Crippen LogP contribution in [0.5, 0.6) is 0 Å². The van der Waals surface area contributed by atoms with Crippen molar-refractivity contribution in [2.24, 2.45) is 11.8 Å². The number of aliphatic carboxylic acids is 1. The molecule has 0 radical (unpaired) electrons. The summed E-state index contributed by atoms with van der Waals surface area (Å²) in [6, 6.07) is 15.6. The standard InChI is InChI=1S/C27H30N2O6/c30-25(31)12-16-6-5-11-23(16)28-26(32)22-13-34-15-24(22)29-27(33)35-14-21-19-9-3-1-7-17(19)18-8-2-4-10-20(18)21/h1-4,7-10,16,21-24H,5-6,11-15H2,(H,28,32)(H,29,33)(H,30,31)/t16-,22?,23+,24?/m0/s1. The van der Waals surface area contributed by atoms with Crippen molar-refractivity contribution in [2.45, 2.75) is 43.7 Å². The minimum atomic E-state index is -0.852. The monoisotopic (exact) mass is 478 g/mol. The van der Waals surface area contributed by atoms with Crippen LogP contribution in [-0.2, 0) is 19.1 Å². The van der Waals surface area contributed by atoms with Crippen LogP contribution in [0.4, 0.5) is 4.79 Å². The van der Waals surface area contributed by atoms with E-state index >= 15 is 0 Å². The van der Waals surface area contributed by atoms with E-state index in [4.69, 9.17) is 14.6 Å². The Hall–Kier alpha value is -3.39. The minimum absolute atomic E-state index is 0.0411. The number of alkyl carbamates (subject to hydrolysis) is 1. The lowest BCUT2D eigenvalue weighted by Gasteiger charge is -2.24. The van der Waals surface area contributed by atoms with Crippen molar-refractivity contribution in [2.75, 3.05) is 19.8 Å². The Morgan fingerprint density at radius 2 is 1.60 bits per heavy atom. The van der Waals surface area contributed by atoms with Crippen molar-refractivity contribution < 1.29 is 29.0 Å². The fourth-order valence-corrected chi connectivity index (χ4v) is 5.73. The number of fused-ring (bicyclic) bond motifs is 3. The van der Waals surface area contributed by atoms with Gasteiger partial charge in [-0.1, -0.05) is 55.0 Å². The molecule has 8 heteroatoms. The fraction of sp³-hybridized carbons (Fsp3) is 0.444. The van der Waals surface area contributed by atoms with Crippen LogP contribution >= 0.6 is 0 Å². The SMILES string of the molecule is O=C(O)C[C@@H]1CCC[C@H]1NC(=O)C1COCC1NC(=O)OCC1c2ccccc2-c2ccccc21. The number of carbonyl (C=O) groups is 3. The highest BCUT2D eigenvalue weighted by Crippen LogP contribution is 2.44. The molecule has 2 aromatic carbocycles.